The van der Waals surface area contributed by atoms with Crippen molar-refractivity contribution in [3.8, 4) is 0 Å². The average Bonchev–Trinajstić information content (AvgIpc) is 2.75. The van der Waals surface area contributed by atoms with E-state index in [2.05, 4.69) is 0 Å². The van der Waals surface area contributed by atoms with Gasteiger partial charge in [-0.2, -0.15) is 4.72 Å². The number of carbonyl (C=O) groups excluding carboxylic acids is 3. The summed E-state index contributed by atoms with van der Waals surface area (Å²) < 4.78 is 32.3. The Balaban J connectivity index is 2.12. The summed E-state index contributed by atoms with van der Waals surface area (Å²) in [6.07, 6.45) is -0.879. The Morgan fingerprint density at radius 3 is 2.18 bits per heavy atom. The lowest BCUT2D eigenvalue weighted by molar-refractivity contribution is -0.139. The van der Waals surface area contributed by atoms with Gasteiger partial charge in [0.1, 0.15) is 0 Å². The Morgan fingerprint density at radius 1 is 1.06 bits per heavy atom. The van der Waals surface area contributed by atoms with E-state index in [0.29, 0.717) is 11.3 Å². The van der Waals surface area contributed by atoms with Gasteiger partial charge in [0.2, 0.25) is 10.0 Å². The first-order chi connectivity index (χ1) is 15.9. The average molecular weight is 548 g/mol. The molecule has 0 saturated carbocycles. The van der Waals surface area contributed by atoms with Gasteiger partial charge in [0, 0.05) is 12.7 Å². The van der Waals surface area contributed by atoms with E-state index < -0.39 is 46.8 Å². The molecule has 0 aliphatic heterocycles. The third-order valence-corrected chi connectivity index (χ3v) is 7.25. The van der Waals surface area contributed by atoms with E-state index in [1.54, 1.807) is 0 Å². The van der Waals surface area contributed by atoms with Gasteiger partial charge in [-0.1, -0.05) is 53.2 Å². The number of ether oxygens (including phenoxy) is 1. The molecule has 182 valence electrons. The number of carboxylic acids is 1. The Bertz CT molecular complexity index is 1180. The zero-order valence-corrected chi connectivity index (χ0v) is 20.8. The Labute approximate surface area is 209 Å². The van der Waals surface area contributed by atoms with E-state index in [-0.39, 0.29) is 25.6 Å². The summed E-state index contributed by atoms with van der Waals surface area (Å²) in [6, 6.07) is 8.08. The minimum Gasteiger partial charge on any atom is -0.481 e. The number of aliphatic carboxylic acids is 1. The van der Waals surface area contributed by atoms with Crippen LogP contribution in [-0.4, -0.2) is 49.0 Å². The first-order valence-electron chi connectivity index (χ1n) is 9.51. The van der Waals surface area contributed by atoms with Crippen molar-refractivity contribution < 1.29 is 37.4 Å². The molecule has 2 aromatic carbocycles. The Morgan fingerprint density at radius 2 is 1.65 bits per heavy atom. The number of carboxylic acid groups (broad SMARTS) is 1. The molecule has 0 bridgehead atoms. The van der Waals surface area contributed by atoms with Crippen LogP contribution in [0.3, 0.4) is 0 Å². The molecule has 1 atom stereocenters. The van der Waals surface area contributed by atoms with Gasteiger partial charge in [0.15, 0.2) is 17.5 Å². The van der Waals surface area contributed by atoms with Crippen LogP contribution in [-0.2, 0) is 34.9 Å². The van der Waals surface area contributed by atoms with Crippen LogP contribution >= 0.6 is 35.0 Å². The van der Waals surface area contributed by atoms with Gasteiger partial charge in [0.25, 0.3) is 0 Å². The quantitative estimate of drug-likeness (QED) is 0.404. The zero-order chi connectivity index (χ0) is 25.5. The molecule has 2 aromatic rings. The lowest BCUT2D eigenvalue weighted by Crippen LogP contribution is -2.44. The maximum absolute atomic E-state index is 12.7. The van der Waals surface area contributed by atoms with Crippen LogP contribution in [0.5, 0.6) is 0 Å². The molecule has 0 amide bonds. The molecule has 2 rings (SSSR count). The molecule has 13 heteroatoms. The van der Waals surface area contributed by atoms with Crippen LogP contribution in [0.15, 0.2) is 47.4 Å². The number of hydrogen-bond donors (Lipinski definition) is 2. The van der Waals surface area contributed by atoms with E-state index in [1.807, 2.05) is 4.72 Å². The van der Waals surface area contributed by atoms with E-state index >= 15 is 0 Å². The topological polar surface area (TPSA) is 144 Å². The van der Waals surface area contributed by atoms with E-state index in [1.165, 1.54) is 49.4 Å². The van der Waals surface area contributed by atoms with Gasteiger partial charge in [0.05, 0.1) is 33.0 Å². The Hall–Kier alpha value is -2.44. The monoisotopic (exact) mass is 547 g/mol. The van der Waals surface area contributed by atoms with E-state index in [9.17, 15) is 27.6 Å². The molecule has 0 radical (unpaired) electrons. The van der Waals surface area contributed by atoms with Gasteiger partial charge in [-0.25, -0.2) is 13.2 Å². The normalized spacial score (nSPS) is 12.1. The highest BCUT2D eigenvalue weighted by Crippen LogP contribution is 2.25. The molecular weight excluding hydrogens is 529 g/mol. The van der Waals surface area contributed by atoms with Gasteiger partial charge >= 0.3 is 11.9 Å². The molecule has 0 saturated heterocycles. The van der Waals surface area contributed by atoms with E-state index in [4.69, 9.17) is 33.0 Å². The number of hydrogen-bond acceptors (Lipinski definition) is 8. The van der Waals surface area contributed by atoms with Gasteiger partial charge in [-0.3, -0.25) is 14.4 Å². The maximum atomic E-state index is 12.7. The third kappa shape index (κ3) is 8.10. The smallest absolute Gasteiger partial charge is 0.341 e. The molecule has 34 heavy (non-hydrogen) atoms. The number of ketones is 1. The van der Waals surface area contributed by atoms with Crippen LogP contribution < -0.4 is 4.72 Å². The summed E-state index contributed by atoms with van der Waals surface area (Å²) in [4.78, 5) is 46.8. The summed E-state index contributed by atoms with van der Waals surface area (Å²) >= 11 is 12.9. The first-order valence-corrected chi connectivity index (χ1v) is 12.7. The summed E-state index contributed by atoms with van der Waals surface area (Å²) in [7, 11) is -4.29. The predicted octanol–water partition coefficient (Wildman–Crippen LogP) is 3.32. The molecule has 0 aliphatic carbocycles. The number of carbonyl (C=O) groups is 4. The lowest BCUT2D eigenvalue weighted by Gasteiger charge is -2.16. The van der Waals surface area contributed by atoms with Crippen molar-refractivity contribution in [3.05, 3.63) is 63.6 Å². The summed E-state index contributed by atoms with van der Waals surface area (Å²) in [5.74, 6) is -3.11. The lowest BCUT2D eigenvalue weighted by atomic mass is 10.1. The SMILES string of the molecule is CC(=O)SCc1ccc(S(=O)(=O)N[C@@H](CC(=O)O)C(=O)COC(=O)c2c(Cl)cccc2Cl)cc1. The molecule has 0 heterocycles. The molecule has 0 unspecified atom stereocenters. The highest BCUT2D eigenvalue weighted by molar-refractivity contribution is 8.12. The standard InChI is InChI=1S/C21H19Cl2NO8S2/c1-12(25)33-11-13-5-7-14(8-6-13)34(30,31)24-17(9-19(27)28)18(26)10-32-21(29)20-15(22)3-2-4-16(20)23/h2-8,17,24H,9-11H2,1H3,(H,27,28)/t17-/m0/s1. The number of esters is 1. The van der Waals surface area contributed by atoms with Crippen molar-refractivity contribution in [2.24, 2.45) is 0 Å². The zero-order valence-electron chi connectivity index (χ0n) is 17.6. The van der Waals surface area contributed by atoms with Gasteiger partial charge in [-0.15, -0.1) is 0 Å². The number of thioether (sulfide) groups is 1. The van der Waals surface area contributed by atoms with Gasteiger partial charge in [-0.05, 0) is 29.8 Å². The second kappa shape index (κ2) is 12.3. The molecule has 0 spiro atoms. The van der Waals surface area contributed by atoms with E-state index in [0.717, 1.165) is 11.8 Å². The number of rotatable bonds is 11. The van der Waals surface area contributed by atoms with Crippen LogP contribution in [0.25, 0.3) is 0 Å². The van der Waals surface area contributed by atoms with Gasteiger partial charge < -0.3 is 9.84 Å². The van der Waals surface area contributed by atoms with Crippen molar-refractivity contribution in [1.29, 1.82) is 0 Å². The first kappa shape index (κ1) is 27.8. The van der Waals surface area contributed by atoms with Crippen molar-refractivity contribution in [2.45, 2.75) is 30.0 Å². The number of halogens is 2. The fraction of sp³-hybridized carbons (Fsp3) is 0.238. The molecular formula is C21H19Cl2NO8S2. The van der Waals surface area contributed by atoms with Crippen molar-refractivity contribution in [1.82, 2.24) is 4.72 Å². The second-order valence-electron chi connectivity index (χ2n) is 6.84. The third-order valence-electron chi connectivity index (χ3n) is 4.25. The highest BCUT2D eigenvalue weighted by Gasteiger charge is 2.29. The molecule has 0 fully saturated rings. The van der Waals surface area contributed by atoms with Crippen LogP contribution in [0.1, 0.15) is 29.3 Å². The Kier molecular flexibility index (Phi) is 10.1. The molecule has 9 nitrogen and oxygen atoms in total. The molecule has 0 aromatic heterocycles. The number of Topliss-reactive ketones (excluding diaryl/α,β-unsaturated/α-hetero) is 1. The minimum atomic E-state index is -4.29. The van der Waals surface area contributed by atoms with Crippen LogP contribution in [0.4, 0.5) is 0 Å². The van der Waals surface area contributed by atoms with Crippen molar-refractivity contribution in [2.75, 3.05) is 6.61 Å². The number of nitrogens with one attached hydrogen (secondary N) is 1. The number of sulfonamides is 1. The van der Waals surface area contributed by atoms with Crippen LogP contribution in [0, 0.1) is 0 Å². The van der Waals surface area contributed by atoms with Crippen LogP contribution in [0.2, 0.25) is 10.0 Å². The minimum absolute atomic E-state index is 0.0158. The maximum Gasteiger partial charge on any atom is 0.341 e. The molecule has 2 N–H and O–H groups in total. The summed E-state index contributed by atoms with van der Waals surface area (Å²) in [5, 5.41) is 8.99. The summed E-state index contributed by atoms with van der Waals surface area (Å²) in [6.45, 7) is 0.495. The number of benzene rings is 2. The largest absolute Gasteiger partial charge is 0.481 e. The molecule has 0 aliphatic rings. The highest BCUT2D eigenvalue weighted by atomic mass is 35.5. The fourth-order valence-electron chi connectivity index (χ4n) is 2.60. The summed E-state index contributed by atoms with van der Waals surface area (Å²) in [5.41, 5.74) is 0.513. The fourth-order valence-corrected chi connectivity index (χ4v) is 4.94. The van der Waals surface area contributed by atoms with Crippen molar-refractivity contribution in [3.63, 3.8) is 0 Å². The second-order valence-corrected chi connectivity index (χ2v) is 10.5. The van der Waals surface area contributed by atoms with Crippen molar-refractivity contribution >= 4 is 67.8 Å². The predicted molar refractivity (Wildman–Crippen MR) is 127 cm³/mol.